The monoisotopic (exact) mass is 352 g/mol. The van der Waals surface area contributed by atoms with Gasteiger partial charge in [-0.3, -0.25) is 4.79 Å². The Bertz CT molecular complexity index is 554. The second-order valence-electron chi connectivity index (χ2n) is 6.60. The number of likely N-dealkylation sites (tertiary alicyclic amines) is 1. The zero-order chi connectivity index (χ0) is 16.2. The molecular formula is C18H25ClN2OS. The van der Waals surface area contributed by atoms with Crippen LogP contribution in [0.25, 0.3) is 0 Å². The normalized spacial score (nSPS) is 26.8. The molecule has 2 fully saturated rings. The van der Waals surface area contributed by atoms with E-state index in [4.69, 9.17) is 11.6 Å². The third kappa shape index (κ3) is 4.23. The molecule has 0 N–H and O–H groups in total. The molecule has 2 aliphatic rings. The van der Waals surface area contributed by atoms with E-state index in [9.17, 15) is 4.79 Å². The van der Waals surface area contributed by atoms with Crippen LogP contribution < -0.4 is 0 Å². The molecule has 0 radical (unpaired) electrons. The molecule has 1 amide bonds. The van der Waals surface area contributed by atoms with Crippen molar-refractivity contribution < 1.29 is 4.79 Å². The number of amides is 1. The van der Waals surface area contributed by atoms with Gasteiger partial charge in [0.05, 0.1) is 5.92 Å². The molecule has 3 rings (SSSR count). The molecule has 126 valence electrons. The highest BCUT2D eigenvalue weighted by atomic mass is 35.5. The van der Waals surface area contributed by atoms with Crippen molar-refractivity contribution in [3.05, 3.63) is 34.9 Å². The highest BCUT2D eigenvalue weighted by Crippen LogP contribution is 2.38. The number of thioether (sulfide) groups is 1. The van der Waals surface area contributed by atoms with Crippen LogP contribution >= 0.6 is 23.4 Å². The average Bonchev–Trinajstić information content (AvgIpc) is 2.80. The minimum atomic E-state index is 0.190. The topological polar surface area (TPSA) is 23.6 Å². The number of hydrogen-bond donors (Lipinski definition) is 0. The quantitative estimate of drug-likeness (QED) is 0.811. The molecule has 0 aliphatic carbocycles. The third-order valence-corrected chi connectivity index (χ3v) is 6.53. The van der Waals surface area contributed by atoms with Gasteiger partial charge in [0, 0.05) is 35.7 Å². The number of halogens is 1. The first-order valence-electron chi connectivity index (χ1n) is 8.48. The van der Waals surface area contributed by atoms with Gasteiger partial charge in [-0.2, -0.15) is 11.8 Å². The van der Waals surface area contributed by atoms with Crippen molar-refractivity contribution in [2.24, 2.45) is 5.92 Å². The highest BCUT2D eigenvalue weighted by Gasteiger charge is 2.30. The van der Waals surface area contributed by atoms with Crippen molar-refractivity contribution in [3.8, 4) is 0 Å². The molecule has 2 atom stereocenters. The van der Waals surface area contributed by atoms with Crippen molar-refractivity contribution >= 4 is 29.3 Å². The number of rotatable bonds is 2. The van der Waals surface area contributed by atoms with Crippen molar-refractivity contribution in [2.45, 2.75) is 24.5 Å². The molecule has 0 bridgehead atoms. The maximum Gasteiger partial charge on any atom is 0.227 e. The van der Waals surface area contributed by atoms with Crippen LogP contribution in [0.2, 0.25) is 5.02 Å². The molecule has 23 heavy (non-hydrogen) atoms. The fraction of sp³-hybridized carbons (Fsp3) is 0.611. The van der Waals surface area contributed by atoms with E-state index in [0.29, 0.717) is 11.2 Å². The number of carbonyl (C=O) groups is 1. The van der Waals surface area contributed by atoms with Crippen LogP contribution in [0.4, 0.5) is 0 Å². The van der Waals surface area contributed by atoms with Crippen molar-refractivity contribution in [2.75, 3.05) is 39.0 Å². The average molecular weight is 353 g/mol. The second-order valence-corrected chi connectivity index (χ2v) is 8.31. The molecule has 1 aromatic carbocycles. The molecular weight excluding hydrogens is 328 g/mol. The lowest BCUT2D eigenvalue weighted by atomic mass is 9.96. The molecule has 2 aliphatic heterocycles. The first kappa shape index (κ1) is 17.1. The Morgan fingerprint density at radius 2 is 2.04 bits per heavy atom. The van der Waals surface area contributed by atoms with E-state index in [2.05, 4.69) is 22.9 Å². The lowest BCUT2D eigenvalue weighted by molar-refractivity contribution is -0.136. The maximum atomic E-state index is 12.8. The van der Waals surface area contributed by atoms with Crippen LogP contribution in [0.5, 0.6) is 0 Å². The molecule has 2 heterocycles. The Kier molecular flexibility index (Phi) is 5.89. The SMILES string of the molecule is CN1CCCC(C(=O)N2CCSC(c3ccccc3Cl)CC2)C1. The van der Waals surface area contributed by atoms with Gasteiger partial charge >= 0.3 is 0 Å². The summed E-state index contributed by atoms with van der Waals surface area (Å²) in [4.78, 5) is 17.2. The van der Waals surface area contributed by atoms with Gasteiger partial charge in [0.25, 0.3) is 0 Å². The Labute approximate surface area is 148 Å². The van der Waals surface area contributed by atoms with Gasteiger partial charge in [-0.25, -0.2) is 0 Å². The highest BCUT2D eigenvalue weighted by molar-refractivity contribution is 7.99. The molecule has 0 saturated carbocycles. The van der Waals surface area contributed by atoms with Crippen LogP contribution in [0.15, 0.2) is 24.3 Å². The van der Waals surface area contributed by atoms with Crippen molar-refractivity contribution in [1.82, 2.24) is 9.80 Å². The maximum absolute atomic E-state index is 12.8. The Hall–Kier alpha value is -0.710. The van der Waals surface area contributed by atoms with Gasteiger partial charge in [0.15, 0.2) is 0 Å². The molecule has 3 nitrogen and oxygen atoms in total. The summed E-state index contributed by atoms with van der Waals surface area (Å²) in [5.41, 5.74) is 1.21. The first-order valence-corrected chi connectivity index (χ1v) is 9.91. The Morgan fingerprint density at radius 3 is 2.83 bits per heavy atom. The minimum absolute atomic E-state index is 0.190. The van der Waals surface area contributed by atoms with Gasteiger partial charge < -0.3 is 9.80 Å². The summed E-state index contributed by atoms with van der Waals surface area (Å²) < 4.78 is 0. The van der Waals surface area contributed by atoms with E-state index >= 15 is 0 Å². The lowest BCUT2D eigenvalue weighted by Gasteiger charge is -2.32. The smallest absolute Gasteiger partial charge is 0.227 e. The fourth-order valence-corrected chi connectivity index (χ4v) is 5.20. The van der Waals surface area contributed by atoms with E-state index in [1.165, 1.54) is 5.56 Å². The first-order chi connectivity index (χ1) is 11.1. The largest absolute Gasteiger partial charge is 0.342 e. The zero-order valence-electron chi connectivity index (χ0n) is 13.7. The molecule has 2 saturated heterocycles. The van der Waals surface area contributed by atoms with E-state index < -0.39 is 0 Å². The van der Waals surface area contributed by atoms with Crippen molar-refractivity contribution in [3.63, 3.8) is 0 Å². The van der Waals surface area contributed by atoms with E-state index in [-0.39, 0.29) is 5.92 Å². The van der Waals surface area contributed by atoms with Crippen LogP contribution in [-0.2, 0) is 4.79 Å². The summed E-state index contributed by atoms with van der Waals surface area (Å²) in [6.45, 7) is 3.75. The number of piperidine rings is 1. The van der Waals surface area contributed by atoms with Crippen LogP contribution in [0.1, 0.15) is 30.1 Å². The van der Waals surface area contributed by atoms with Crippen LogP contribution in [0.3, 0.4) is 0 Å². The van der Waals surface area contributed by atoms with E-state index in [1.54, 1.807) is 0 Å². The third-order valence-electron chi connectivity index (χ3n) is 4.88. The summed E-state index contributed by atoms with van der Waals surface area (Å²) in [5.74, 6) is 1.54. The molecule has 2 unspecified atom stereocenters. The summed E-state index contributed by atoms with van der Waals surface area (Å²) in [6, 6.07) is 8.10. The number of nitrogens with zero attached hydrogens (tertiary/aromatic N) is 2. The summed E-state index contributed by atoms with van der Waals surface area (Å²) in [5, 5.41) is 1.24. The summed E-state index contributed by atoms with van der Waals surface area (Å²) >= 11 is 8.28. The summed E-state index contributed by atoms with van der Waals surface area (Å²) in [7, 11) is 2.12. The lowest BCUT2D eigenvalue weighted by Crippen LogP contribution is -2.44. The second kappa shape index (κ2) is 7.91. The van der Waals surface area contributed by atoms with Gasteiger partial charge in [-0.15, -0.1) is 0 Å². The van der Waals surface area contributed by atoms with E-state index in [1.807, 2.05) is 30.0 Å². The fourth-order valence-electron chi connectivity index (χ4n) is 3.60. The number of benzene rings is 1. The molecule has 1 aromatic rings. The zero-order valence-corrected chi connectivity index (χ0v) is 15.3. The Balaban J connectivity index is 1.62. The molecule has 0 aromatic heterocycles. The molecule has 0 spiro atoms. The van der Waals surface area contributed by atoms with Crippen LogP contribution in [-0.4, -0.2) is 54.7 Å². The predicted molar refractivity (Wildman–Crippen MR) is 98.1 cm³/mol. The van der Waals surface area contributed by atoms with Crippen LogP contribution in [0, 0.1) is 5.92 Å². The minimum Gasteiger partial charge on any atom is -0.342 e. The number of hydrogen-bond acceptors (Lipinski definition) is 3. The molecule has 5 heteroatoms. The van der Waals surface area contributed by atoms with Crippen molar-refractivity contribution in [1.29, 1.82) is 0 Å². The van der Waals surface area contributed by atoms with Gasteiger partial charge in [-0.1, -0.05) is 29.8 Å². The summed E-state index contributed by atoms with van der Waals surface area (Å²) in [6.07, 6.45) is 3.17. The Morgan fingerprint density at radius 1 is 1.22 bits per heavy atom. The number of carbonyl (C=O) groups excluding carboxylic acids is 1. The standard InChI is InChI=1S/C18H25ClN2OS/c1-20-9-4-5-14(13-20)18(22)21-10-8-17(23-12-11-21)15-6-2-3-7-16(15)19/h2-3,6-7,14,17H,4-5,8-13H2,1H3. The van der Waals surface area contributed by atoms with Gasteiger partial charge in [0.1, 0.15) is 0 Å². The van der Waals surface area contributed by atoms with E-state index in [0.717, 1.165) is 56.2 Å². The van der Waals surface area contributed by atoms with Gasteiger partial charge in [-0.05, 0) is 44.5 Å². The predicted octanol–water partition coefficient (Wildman–Crippen LogP) is 3.69. The van der Waals surface area contributed by atoms with Gasteiger partial charge in [0.2, 0.25) is 5.91 Å².